The number of rotatable bonds is 5. The van der Waals surface area contributed by atoms with Gasteiger partial charge in [-0.25, -0.2) is 0 Å². The van der Waals surface area contributed by atoms with E-state index in [-0.39, 0.29) is 23.9 Å². The van der Waals surface area contributed by atoms with E-state index in [1.165, 1.54) is 0 Å². The fourth-order valence-corrected chi connectivity index (χ4v) is 3.31. The summed E-state index contributed by atoms with van der Waals surface area (Å²) < 4.78 is 5.51. The fourth-order valence-electron chi connectivity index (χ4n) is 3.31. The number of nitrogens with one attached hydrogen (secondary N) is 1. The number of nitrogens with zero attached hydrogens (tertiary/aromatic N) is 1. The van der Waals surface area contributed by atoms with Gasteiger partial charge in [-0.2, -0.15) is 0 Å². The van der Waals surface area contributed by atoms with Crippen molar-refractivity contribution in [3.63, 3.8) is 0 Å². The second-order valence-corrected chi connectivity index (χ2v) is 6.69. The van der Waals surface area contributed by atoms with Crippen LogP contribution in [0, 0.1) is 11.8 Å². The van der Waals surface area contributed by atoms with Crippen LogP contribution in [0.5, 0.6) is 0 Å². The Labute approximate surface area is 127 Å². The lowest BCUT2D eigenvalue weighted by atomic mass is 9.95. The first-order valence-electron chi connectivity index (χ1n) is 8.21. The second-order valence-electron chi connectivity index (χ2n) is 6.69. The highest BCUT2D eigenvalue weighted by Crippen LogP contribution is 2.22. The number of piperazine rings is 1. The smallest absolute Gasteiger partial charge is 0.245 e. The summed E-state index contributed by atoms with van der Waals surface area (Å²) >= 11 is 0. The van der Waals surface area contributed by atoms with E-state index in [1.54, 1.807) is 0 Å². The summed E-state index contributed by atoms with van der Waals surface area (Å²) in [4.78, 5) is 26.8. The monoisotopic (exact) mass is 296 g/mol. The van der Waals surface area contributed by atoms with E-state index >= 15 is 0 Å². The van der Waals surface area contributed by atoms with Gasteiger partial charge in [-0.1, -0.05) is 20.8 Å². The van der Waals surface area contributed by atoms with Crippen molar-refractivity contribution >= 4 is 11.8 Å². The van der Waals surface area contributed by atoms with Crippen molar-refractivity contribution in [1.82, 2.24) is 10.2 Å². The van der Waals surface area contributed by atoms with Crippen LogP contribution in [0.15, 0.2) is 0 Å². The number of hydrogen-bond donors (Lipinski definition) is 1. The normalized spacial score (nSPS) is 30.7. The Hall–Kier alpha value is -1.10. The van der Waals surface area contributed by atoms with E-state index in [0.717, 1.165) is 19.4 Å². The summed E-state index contributed by atoms with van der Waals surface area (Å²) in [5.41, 5.74) is 0. The van der Waals surface area contributed by atoms with Crippen LogP contribution in [0.25, 0.3) is 0 Å². The van der Waals surface area contributed by atoms with Gasteiger partial charge in [0.25, 0.3) is 0 Å². The van der Waals surface area contributed by atoms with Crippen LogP contribution in [-0.4, -0.2) is 48.6 Å². The SMILES string of the molecule is CCC1C(=O)NC(CC(C)C)C(=O)N1CC1CCCOC1. The van der Waals surface area contributed by atoms with Crippen molar-refractivity contribution < 1.29 is 14.3 Å². The van der Waals surface area contributed by atoms with E-state index < -0.39 is 0 Å². The summed E-state index contributed by atoms with van der Waals surface area (Å²) in [6.45, 7) is 8.29. The minimum atomic E-state index is -0.357. The van der Waals surface area contributed by atoms with Crippen LogP contribution in [0.2, 0.25) is 0 Å². The number of amides is 2. The second kappa shape index (κ2) is 7.25. The molecule has 1 N–H and O–H groups in total. The molecular weight excluding hydrogens is 268 g/mol. The molecule has 2 fully saturated rings. The molecule has 2 saturated heterocycles. The molecular formula is C16H28N2O3. The van der Waals surface area contributed by atoms with Crippen molar-refractivity contribution in [1.29, 1.82) is 0 Å². The third-order valence-corrected chi connectivity index (χ3v) is 4.38. The van der Waals surface area contributed by atoms with E-state index in [0.29, 0.717) is 37.8 Å². The largest absolute Gasteiger partial charge is 0.381 e. The van der Waals surface area contributed by atoms with Crippen LogP contribution in [0.3, 0.4) is 0 Å². The van der Waals surface area contributed by atoms with Crippen LogP contribution in [0.1, 0.15) is 46.5 Å². The lowest BCUT2D eigenvalue weighted by Crippen LogP contribution is -2.64. The predicted octanol–water partition coefficient (Wildman–Crippen LogP) is 1.56. The molecule has 2 aliphatic heterocycles. The molecule has 0 aromatic rings. The molecule has 5 heteroatoms. The lowest BCUT2D eigenvalue weighted by Gasteiger charge is -2.41. The maximum Gasteiger partial charge on any atom is 0.245 e. The topological polar surface area (TPSA) is 58.6 Å². The van der Waals surface area contributed by atoms with Crippen LogP contribution < -0.4 is 5.32 Å². The van der Waals surface area contributed by atoms with Crippen LogP contribution >= 0.6 is 0 Å². The maximum absolute atomic E-state index is 12.7. The van der Waals surface area contributed by atoms with Crippen molar-refractivity contribution in [2.24, 2.45) is 11.8 Å². The number of carbonyl (C=O) groups is 2. The minimum absolute atomic E-state index is 0.000484. The molecule has 2 aliphatic rings. The average molecular weight is 296 g/mol. The van der Waals surface area contributed by atoms with Gasteiger partial charge in [0, 0.05) is 13.2 Å². The summed E-state index contributed by atoms with van der Waals surface area (Å²) in [7, 11) is 0. The van der Waals surface area contributed by atoms with Crippen molar-refractivity contribution in [3.8, 4) is 0 Å². The molecule has 0 saturated carbocycles. The zero-order valence-electron chi connectivity index (χ0n) is 13.4. The average Bonchev–Trinajstić information content (AvgIpc) is 2.45. The van der Waals surface area contributed by atoms with Gasteiger partial charge in [0.1, 0.15) is 12.1 Å². The molecule has 2 heterocycles. The number of carbonyl (C=O) groups excluding carboxylic acids is 2. The van der Waals surface area contributed by atoms with Crippen molar-refractivity contribution in [3.05, 3.63) is 0 Å². The molecule has 0 bridgehead atoms. The van der Waals surface area contributed by atoms with Gasteiger partial charge in [-0.05, 0) is 37.5 Å². The highest BCUT2D eigenvalue weighted by Gasteiger charge is 2.40. The predicted molar refractivity (Wildman–Crippen MR) is 80.7 cm³/mol. The summed E-state index contributed by atoms with van der Waals surface area (Å²) in [5, 5.41) is 2.90. The molecule has 2 amide bonds. The van der Waals surface area contributed by atoms with E-state index in [9.17, 15) is 9.59 Å². The first kappa shape index (κ1) is 16.3. The van der Waals surface area contributed by atoms with E-state index in [4.69, 9.17) is 4.74 Å². The molecule has 0 aliphatic carbocycles. The van der Waals surface area contributed by atoms with Gasteiger partial charge in [0.2, 0.25) is 11.8 Å². The molecule has 2 rings (SSSR count). The minimum Gasteiger partial charge on any atom is -0.381 e. The maximum atomic E-state index is 12.7. The first-order valence-corrected chi connectivity index (χ1v) is 8.21. The Balaban J connectivity index is 2.08. The van der Waals surface area contributed by atoms with Gasteiger partial charge < -0.3 is 15.0 Å². The molecule has 0 aromatic heterocycles. The quantitative estimate of drug-likeness (QED) is 0.837. The Kier molecular flexibility index (Phi) is 5.62. The van der Waals surface area contributed by atoms with Gasteiger partial charge in [0.05, 0.1) is 6.61 Å². The molecule has 0 aromatic carbocycles. The Morgan fingerprint density at radius 3 is 2.71 bits per heavy atom. The Bertz CT molecular complexity index is 378. The molecule has 5 nitrogen and oxygen atoms in total. The molecule has 3 atom stereocenters. The lowest BCUT2D eigenvalue weighted by molar-refractivity contribution is -0.151. The van der Waals surface area contributed by atoms with E-state index in [1.807, 2.05) is 11.8 Å². The highest BCUT2D eigenvalue weighted by atomic mass is 16.5. The van der Waals surface area contributed by atoms with Crippen LogP contribution in [-0.2, 0) is 14.3 Å². The number of ether oxygens (including phenoxy) is 1. The van der Waals surface area contributed by atoms with Gasteiger partial charge in [-0.3, -0.25) is 9.59 Å². The van der Waals surface area contributed by atoms with Gasteiger partial charge in [0.15, 0.2) is 0 Å². The molecule has 0 radical (unpaired) electrons. The molecule has 0 spiro atoms. The third-order valence-electron chi connectivity index (χ3n) is 4.38. The Morgan fingerprint density at radius 1 is 1.38 bits per heavy atom. The van der Waals surface area contributed by atoms with Crippen LogP contribution in [0.4, 0.5) is 0 Å². The standard InChI is InChI=1S/C16H28N2O3/c1-4-14-15(19)17-13(8-11(2)3)16(20)18(14)9-12-6-5-7-21-10-12/h11-14H,4-10H2,1-3H3,(H,17,19). The summed E-state index contributed by atoms with van der Waals surface area (Å²) in [6.07, 6.45) is 3.50. The van der Waals surface area contributed by atoms with Crippen molar-refractivity contribution in [2.75, 3.05) is 19.8 Å². The summed E-state index contributed by atoms with van der Waals surface area (Å²) in [5.74, 6) is 0.833. The zero-order chi connectivity index (χ0) is 15.4. The Morgan fingerprint density at radius 2 is 2.14 bits per heavy atom. The zero-order valence-corrected chi connectivity index (χ0v) is 13.4. The number of hydrogen-bond acceptors (Lipinski definition) is 3. The first-order chi connectivity index (χ1) is 10.0. The fraction of sp³-hybridized carbons (Fsp3) is 0.875. The van der Waals surface area contributed by atoms with Crippen molar-refractivity contribution in [2.45, 2.75) is 58.5 Å². The third kappa shape index (κ3) is 3.96. The van der Waals surface area contributed by atoms with E-state index in [2.05, 4.69) is 19.2 Å². The van der Waals surface area contributed by atoms with Gasteiger partial charge >= 0.3 is 0 Å². The molecule has 3 unspecified atom stereocenters. The summed E-state index contributed by atoms with van der Waals surface area (Å²) in [6, 6.07) is -0.673. The highest BCUT2D eigenvalue weighted by molar-refractivity contribution is 5.96. The molecule has 120 valence electrons. The molecule has 21 heavy (non-hydrogen) atoms. The van der Waals surface area contributed by atoms with Gasteiger partial charge in [-0.15, -0.1) is 0 Å².